The van der Waals surface area contributed by atoms with E-state index in [1.54, 1.807) is 0 Å². The number of nitrogens with one attached hydrogen (secondary N) is 2. The molecule has 1 amide bonds. The molecule has 2 aromatic heterocycles. The van der Waals surface area contributed by atoms with Crippen LogP contribution in [-0.4, -0.2) is 31.8 Å². The Kier molecular flexibility index (Phi) is 3.57. The van der Waals surface area contributed by atoms with Crippen LogP contribution in [0.5, 0.6) is 0 Å². The minimum absolute atomic E-state index is 0.164. The van der Waals surface area contributed by atoms with E-state index in [4.69, 9.17) is 0 Å². The average Bonchev–Trinajstić information content (AvgIpc) is 3.14. The van der Waals surface area contributed by atoms with E-state index in [1.165, 1.54) is 5.56 Å². The van der Waals surface area contributed by atoms with Gasteiger partial charge in [0.05, 0.1) is 24.3 Å². The van der Waals surface area contributed by atoms with Crippen molar-refractivity contribution < 1.29 is 4.79 Å². The molecule has 0 saturated heterocycles. The molecule has 0 saturated carbocycles. The predicted molar refractivity (Wildman–Crippen MR) is 90.6 cm³/mol. The van der Waals surface area contributed by atoms with Gasteiger partial charge < -0.3 is 15.2 Å². The van der Waals surface area contributed by atoms with Crippen molar-refractivity contribution in [2.75, 3.05) is 6.54 Å². The molecule has 1 aromatic carbocycles. The quantitative estimate of drug-likeness (QED) is 0.757. The molecule has 24 heavy (non-hydrogen) atoms. The Hall–Kier alpha value is -2.67. The van der Waals surface area contributed by atoms with Gasteiger partial charge >= 0.3 is 0 Å². The molecule has 4 rings (SSSR count). The number of hydrogen-bond acceptors (Lipinski definition) is 4. The highest BCUT2D eigenvalue weighted by Gasteiger charge is 2.17. The molecule has 124 valence electrons. The van der Waals surface area contributed by atoms with Crippen LogP contribution in [0.2, 0.25) is 0 Å². The minimum Gasteiger partial charge on any atom is -0.345 e. The lowest BCUT2D eigenvalue weighted by Crippen LogP contribution is -2.27. The molecule has 7 nitrogen and oxygen atoms in total. The van der Waals surface area contributed by atoms with E-state index in [-0.39, 0.29) is 5.91 Å². The topological polar surface area (TPSA) is 76.8 Å². The highest BCUT2D eigenvalue weighted by Crippen LogP contribution is 2.19. The summed E-state index contributed by atoms with van der Waals surface area (Å²) in [7, 11) is 1.92. The van der Waals surface area contributed by atoms with Crippen LogP contribution in [0.1, 0.15) is 27.6 Å². The van der Waals surface area contributed by atoms with Crippen molar-refractivity contribution in [1.82, 2.24) is 30.0 Å². The number of fused-ring (bicyclic) bond motifs is 2. The Bertz CT molecular complexity index is 899. The summed E-state index contributed by atoms with van der Waals surface area (Å²) in [5, 5.41) is 11.8. The van der Waals surface area contributed by atoms with E-state index in [9.17, 15) is 4.79 Å². The third kappa shape index (κ3) is 2.56. The van der Waals surface area contributed by atoms with Crippen molar-refractivity contribution in [3.05, 3.63) is 47.2 Å². The smallest absolute Gasteiger partial charge is 0.271 e. The van der Waals surface area contributed by atoms with Gasteiger partial charge in [-0.25, -0.2) is 4.98 Å². The van der Waals surface area contributed by atoms with E-state index >= 15 is 0 Å². The van der Waals surface area contributed by atoms with Crippen LogP contribution in [0.3, 0.4) is 0 Å². The van der Waals surface area contributed by atoms with Crippen LogP contribution in [-0.2, 0) is 26.7 Å². The number of nitrogens with zero attached hydrogens (tertiary/aromatic N) is 4. The van der Waals surface area contributed by atoms with Gasteiger partial charge in [0.25, 0.3) is 5.91 Å². The van der Waals surface area contributed by atoms with Crippen LogP contribution >= 0.6 is 0 Å². The van der Waals surface area contributed by atoms with E-state index in [1.807, 2.05) is 22.5 Å². The average molecular weight is 324 g/mol. The van der Waals surface area contributed by atoms with Gasteiger partial charge in [-0.3, -0.25) is 9.48 Å². The second-order valence-corrected chi connectivity index (χ2v) is 6.19. The zero-order chi connectivity index (χ0) is 16.7. The Balaban J connectivity index is 1.53. The van der Waals surface area contributed by atoms with Crippen LogP contribution in [0.4, 0.5) is 0 Å². The van der Waals surface area contributed by atoms with Crippen molar-refractivity contribution in [3.8, 4) is 0 Å². The molecule has 3 heterocycles. The fourth-order valence-corrected chi connectivity index (χ4v) is 3.14. The molecule has 1 aliphatic heterocycles. The van der Waals surface area contributed by atoms with Crippen molar-refractivity contribution in [2.45, 2.75) is 26.6 Å². The van der Waals surface area contributed by atoms with Crippen molar-refractivity contribution in [3.63, 3.8) is 0 Å². The van der Waals surface area contributed by atoms with Crippen LogP contribution < -0.4 is 10.6 Å². The molecule has 0 bridgehead atoms. The van der Waals surface area contributed by atoms with Crippen LogP contribution in [0.25, 0.3) is 10.9 Å². The fraction of sp³-hybridized carbons (Fsp3) is 0.353. The van der Waals surface area contributed by atoms with Gasteiger partial charge in [0, 0.05) is 31.7 Å². The summed E-state index contributed by atoms with van der Waals surface area (Å²) < 4.78 is 3.88. The third-order valence-corrected chi connectivity index (χ3v) is 4.40. The van der Waals surface area contributed by atoms with E-state index in [0.717, 1.165) is 35.5 Å². The first-order valence-electron chi connectivity index (χ1n) is 8.09. The number of carbonyl (C=O) groups excluding carboxylic acids is 1. The summed E-state index contributed by atoms with van der Waals surface area (Å²) in [6, 6.07) is 6.22. The normalized spacial score (nSPS) is 13.9. The van der Waals surface area contributed by atoms with Crippen molar-refractivity contribution >= 4 is 16.8 Å². The molecular weight excluding hydrogens is 304 g/mol. The zero-order valence-electron chi connectivity index (χ0n) is 13.8. The lowest BCUT2D eigenvalue weighted by Gasteiger charge is -2.13. The maximum absolute atomic E-state index is 12.4. The van der Waals surface area contributed by atoms with Gasteiger partial charge in [0.1, 0.15) is 11.5 Å². The standard InChI is InChI=1S/C17H20N6O/c1-11-3-4-15-12(7-11)13(21-22(15)2)8-19-17(24)14-10-23-6-5-18-9-16(23)20-14/h3-4,7,10,18H,5-6,8-9H2,1-2H3,(H,19,24). The summed E-state index contributed by atoms with van der Waals surface area (Å²) in [6.45, 7) is 4.90. The summed E-state index contributed by atoms with van der Waals surface area (Å²) >= 11 is 0. The lowest BCUT2D eigenvalue weighted by atomic mass is 10.1. The first-order valence-corrected chi connectivity index (χ1v) is 8.09. The monoisotopic (exact) mass is 324 g/mol. The third-order valence-electron chi connectivity index (χ3n) is 4.40. The molecule has 0 radical (unpaired) electrons. The maximum atomic E-state index is 12.4. The van der Waals surface area contributed by atoms with Gasteiger partial charge in [0.15, 0.2) is 0 Å². The highest BCUT2D eigenvalue weighted by molar-refractivity contribution is 5.92. The Morgan fingerprint density at radius 2 is 2.29 bits per heavy atom. The molecule has 0 unspecified atom stereocenters. The fourth-order valence-electron chi connectivity index (χ4n) is 3.14. The van der Waals surface area contributed by atoms with E-state index < -0.39 is 0 Å². The van der Waals surface area contributed by atoms with Gasteiger partial charge in [-0.2, -0.15) is 5.10 Å². The Morgan fingerprint density at radius 1 is 1.42 bits per heavy atom. The number of carbonyl (C=O) groups is 1. The molecule has 0 atom stereocenters. The van der Waals surface area contributed by atoms with Crippen LogP contribution in [0.15, 0.2) is 24.4 Å². The molecule has 0 spiro atoms. The summed E-state index contributed by atoms with van der Waals surface area (Å²) in [4.78, 5) is 16.8. The summed E-state index contributed by atoms with van der Waals surface area (Å²) in [6.07, 6.45) is 1.83. The molecule has 2 N–H and O–H groups in total. The number of aryl methyl sites for hydroxylation is 2. The molecule has 3 aromatic rings. The second-order valence-electron chi connectivity index (χ2n) is 6.19. The maximum Gasteiger partial charge on any atom is 0.271 e. The van der Waals surface area contributed by atoms with Gasteiger partial charge in [-0.15, -0.1) is 0 Å². The minimum atomic E-state index is -0.164. The SMILES string of the molecule is Cc1ccc2c(c1)c(CNC(=O)c1cn3c(n1)CNCC3)nn2C. The van der Waals surface area contributed by atoms with Crippen molar-refractivity contribution in [2.24, 2.45) is 7.05 Å². The number of rotatable bonds is 3. The lowest BCUT2D eigenvalue weighted by molar-refractivity contribution is 0.0946. The molecule has 0 fully saturated rings. The Morgan fingerprint density at radius 3 is 3.12 bits per heavy atom. The zero-order valence-corrected chi connectivity index (χ0v) is 13.8. The molecule has 1 aliphatic rings. The van der Waals surface area contributed by atoms with Gasteiger partial charge in [0.2, 0.25) is 0 Å². The van der Waals surface area contributed by atoms with Gasteiger partial charge in [-0.05, 0) is 19.1 Å². The van der Waals surface area contributed by atoms with E-state index in [2.05, 4.69) is 45.8 Å². The van der Waals surface area contributed by atoms with Crippen molar-refractivity contribution in [1.29, 1.82) is 0 Å². The second kappa shape index (κ2) is 5.76. The number of hydrogen-bond donors (Lipinski definition) is 2. The molecule has 0 aliphatic carbocycles. The highest BCUT2D eigenvalue weighted by atomic mass is 16.1. The summed E-state index contributed by atoms with van der Waals surface area (Å²) in [5.41, 5.74) is 3.58. The molecule has 7 heteroatoms. The Labute approximate surface area is 139 Å². The number of benzene rings is 1. The number of imidazole rings is 1. The van der Waals surface area contributed by atoms with Crippen LogP contribution in [0, 0.1) is 6.92 Å². The first-order chi connectivity index (χ1) is 11.6. The predicted octanol–water partition coefficient (Wildman–Crippen LogP) is 1.11. The van der Waals surface area contributed by atoms with E-state index in [0.29, 0.717) is 18.8 Å². The number of aromatic nitrogens is 4. The number of amides is 1. The molecular formula is C17H20N6O. The largest absolute Gasteiger partial charge is 0.345 e. The van der Waals surface area contributed by atoms with Gasteiger partial charge in [-0.1, -0.05) is 11.6 Å². The first kappa shape index (κ1) is 14.9. The summed E-state index contributed by atoms with van der Waals surface area (Å²) in [5.74, 6) is 0.744.